The third-order valence-electron chi connectivity index (χ3n) is 4.20. The van der Waals surface area contributed by atoms with E-state index in [1.807, 2.05) is 26.1 Å². The molecule has 0 aromatic carbocycles. The highest BCUT2D eigenvalue weighted by molar-refractivity contribution is 7.18. The summed E-state index contributed by atoms with van der Waals surface area (Å²) in [6.45, 7) is 8.71. The van der Waals surface area contributed by atoms with Crippen LogP contribution in [-0.2, 0) is 4.79 Å². The highest BCUT2D eigenvalue weighted by Crippen LogP contribution is 2.29. The molecule has 0 saturated heterocycles. The van der Waals surface area contributed by atoms with Gasteiger partial charge in [-0.2, -0.15) is 0 Å². The monoisotopic (exact) mass is 395 g/mol. The minimum absolute atomic E-state index is 0.219. The summed E-state index contributed by atoms with van der Waals surface area (Å²) in [6, 6.07) is 4.19. The van der Waals surface area contributed by atoms with Gasteiger partial charge in [0.2, 0.25) is 5.88 Å². The number of aliphatic hydroxyl groups excluding tert-OH is 1. The first-order valence-electron chi connectivity index (χ1n) is 9.53. The van der Waals surface area contributed by atoms with Gasteiger partial charge in [-0.3, -0.25) is 0 Å². The van der Waals surface area contributed by atoms with Crippen molar-refractivity contribution in [3.63, 3.8) is 0 Å². The molecular formula is C20H33N3O3S. The Bertz CT molecular complexity index is 668. The van der Waals surface area contributed by atoms with Gasteiger partial charge in [0.15, 0.2) is 0 Å². The highest BCUT2D eigenvalue weighted by atomic mass is 32.1. The Morgan fingerprint density at radius 1 is 1.33 bits per heavy atom. The van der Waals surface area contributed by atoms with Crippen molar-refractivity contribution in [1.82, 2.24) is 15.3 Å². The maximum atomic E-state index is 8.81. The van der Waals surface area contributed by atoms with E-state index in [0.29, 0.717) is 5.92 Å². The number of thiazole rings is 1. The molecular weight excluding hydrogens is 362 g/mol. The second-order valence-electron chi connectivity index (χ2n) is 6.90. The lowest BCUT2D eigenvalue weighted by atomic mass is 9.86. The molecule has 2 N–H and O–H groups in total. The lowest BCUT2D eigenvalue weighted by molar-refractivity contribution is -0.106. The summed E-state index contributed by atoms with van der Waals surface area (Å²) >= 11 is 1.67. The second kappa shape index (κ2) is 12.8. The van der Waals surface area contributed by atoms with Gasteiger partial charge in [-0.15, -0.1) is 0 Å². The average Bonchev–Trinajstić information content (AvgIpc) is 3.04. The molecule has 1 aliphatic carbocycles. The third kappa shape index (κ3) is 8.32. The molecule has 27 heavy (non-hydrogen) atoms. The van der Waals surface area contributed by atoms with Gasteiger partial charge in [0, 0.05) is 18.0 Å². The Balaban J connectivity index is 0.000000343. The first kappa shape index (κ1) is 23.5. The van der Waals surface area contributed by atoms with Crippen molar-refractivity contribution in [2.45, 2.75) is 58.9 Å². The van der Waals surface area contributed by atoms with Crippen LogP contribution in [0.4, 0.5) is 0 Å². The van der Waals surface area contributed by atoms with Crippen LogP contribution in [-0.4, -0.2) is 47.7 Å². The number of aromatic nitrogens is 2. The van der Waals surface area contributed by atoms with Crippen molar-refractivity contribution in [1.29, 1.82) is 0 Å². The van der Waals surface area contributed by atoms with Gasteiger partial charge in [0.25, 0.3) is 0 Å². The van der Waals surface area contributed by atoms with Crippen LogP contribution in [0.3, 0.4) is 0 Å². The Kier molecular flexibility index (Phi) is 11.1. The fraction of sp³-hybridized carbons (Fsp3) is 0.650. The molecule has 2 heterocycles. The van der Waals surface area contributed by atoms with Crippen LogP contribution in [0.25, 0.3) is 10.3 Å². The molecule has 0 amide bonds. The number of hydrogen-bond donors (Lipinski definition) is 2. The number of ether oxygens (including phenoxy) is 1. The van der Waals surface area contributed by atoms with Gasteiger partial charge < -0.3 is 20.0 Å². The molecule has 1 atom stereocenters. The number of fused-ring (bicyclic) bond motifs is 1. The van der Waals surface area contributed by atoms with E-state index in [2.05, 4.69) is 29.1 Å². The Morgan fingerprint density at radius 3 is 2.44 bits per heavy atom. The summed E-state index contributed by atoms with van der Waals surface area (Å²) in [5.74, 6) is 1.95. The Morgan fingerprint density at radius 2 is 2.00 bits per heavy atom. The van der Waals surface area contributed by atoms with Crippen molar-refractivity contribution in [3.05, 3.63) is 17.1 Å². The van der Waals surface area contributed by atoms with Crippen LogP contribution in [0.5, 0.6) is 5.88 Å². The van der Waals surface area contributed by atoms with Gasteiger partial charge in [-0.05, 0) is 45.7 Å². The van der Waals surface area contributed by atoms with Crippen LogP contribution in [0.1, 0.15) is 57.9 Å². The molecule has 1 saturated carbocycles. The molecule has 2 aromatic rings. The molecule has 0 spiro atoms. The lowest BCUT2D eigenvalue weighted by Gasteiger charge is -2.24. The maximum absolute atomic E-state index is 8.81. The average molecular weight is 396 g/mol. The largest absolute Gasteiger partial charge is 0.477 e. The minimum atomic E-state index is 0.219. The number of rotatable bonds is 6. The first-order valence-corrected chi connectivity index (χ1v) is 10.3. The number of likely N-dealkylation sites (N-methyl/N-ethyl adjacent to an activating group) is 1. The van der Waals surface area contributed by atoms with E-state index in [0.717, 1.165) is 40.0 Å². The number of hydrogen-bond acceptors (Lipinski definition) is 7. The summed E-state index contributed by atoms with van der Waals surface area (Å²) < 4.78 is 5.76. The zero-order chi connectivity index (χ0) is 20.2. The summed E-state index contributed by atoms with van der Waals surface area (Å²) in [7, 11) is 1.82. The fourth-order valence-corrected chi connectivity index (χ4v) is 3.03. The predicted molar refractivity (Wildman–Crippen MR) is 112 cm³/mol. The van der Waals surface area contributed by atoms with E-state index in [-0.39, 0.29) is 12.6 Å². The van der Waals surface area contributed by atoms with E-state index < -0.39 is 0 Å². The van der Waals surface area contributed by atoms with Crippen LogP contribution < -0.4 is 10.1 Å². The number of nitrogens with one attached hydrogen (secondary N) is 1. The maximum Gasteiger partial charge on any atom is 0.214 e. The third-order valence-corrected chi connectivity index (χ3v) is 5.46. The van der Waals surface area contributed by atoms with Crippen LogP contribution >= 0.6 is 11.3 Å². The molecule has 1 fully saturated rings. The number of carbonyl (C=O) groups excluding carboxylic acids is 1. The first-order chi connectivity index (χ1) is 12.9. The number of nitrogens with zero attached hydrogens (tertiary/aromatic N) is 2. The smallest absolute Gasteiger partial charge is 0.214 e. The summed E-state index contributed by atoms with van der Waals surface area (Å²) in [4.78, 5) is 18.9. The van der Waals surface area contributed by atoms with Crippen molar-refractivity contribution in [3.8, 4) is 5.88 Å². The van der Waals surface area contributed by atoms with Crippen molar-refractivity contribution in [2.24, 2.45) is 5.92 Å². The minimum Gasteiger partial charge on any atom is -0.477 e. The van der Waals surface area contributed by atoms with E-state index in [1.165, 1.54) is 26.2 Å². The lowest BCUT2D eigenvalue weighted by Crippen LogP contribution is -2.24. The van der Waals surface area contributed by atoms with Crippen LogP contribution in [0.2, 0.25) is 0 Å². The summed E-state index contributed by atoms with van der Waals surface area (Å²) in [5, 5.41) is 12.3. The van der Waals surface area contributed by atoms with Gasteiger partial charge in [0.1, 0.15) is 16.6 Å². The van der Waals surface area contributed by atoms with Crippen molar-refractivity contribution in [2.75, 3.05) is 20.3 Å². The van der Waals surface area contributed by atoms with E-state index >= 15 is 0 Å². The zero-order valence-electron chi connectivity index (χ0n) is 17.1. The summed E-state index contributed by atoms with van der Waals surface area (Å²) in [5.41, 5.74) is 0.986. The Labute approximate surface area is 166 Å². The molecule has 0 bridgehead atoms. The predicted octanol–water partition coefficient (Wildman–Crippen LogP) is 3.79. The van der Waals surface area contributed by atoms with Crippen molar-refractivity contribution < 1.29 is 14.6 Å². The van der Waals surface area contributed by atoms with E-state index in [9.17, 15) is 0 Å². The molecule has 2 aromatic heterocycles. The second-order valence-corrected chi connectivity index (χ2v) is 7.91. The Hall–Kier alpha value is -1.57. The number of aliphatic hydroxyl groups is 1. The van der Waals surface area contributed by atoms with E-state index in [1.54, 1.807) is 11.3 Å². The zero-order valence-corrected chi connectivity index (χ0v) is 17.9. The normalized spacial score (nSPS) is 14.5. The molecule has 1 unspecified atom stereocenters. The molecule has 7 heteroatoms. The number of pyridine rings is 1. The standard InChI is InChI=1S/C14H18N2OS.C4H11NO.C2H4O/c1-9(2)13-15-11-6-7-12(16-14(11)18-13)17-8-10-4-3-5-10;1-4(3-6)5-2;1-2-3/h6-7,9-10H,3-5,8H2,1-2H3;4-6H,3H2,1-2H3;2H,1H3. The fourth-order valence-electron chi connectivity index (χ4n) is 2.10. The molecule has 0 aliphatic heterocycles. The van der Waals surface area contributed by atoms with Gasteiger partial charge in [-0.25, -0.2) is 9.97 Å². The van der Waals surface area contributed by atoms with E-state index in [4.69, 9.17) is 14.6 Å². The number of carbonyl (C=O) groups is 1. The topological polar surface area (TPSA) is 84.3 Å². The molecule has 152 valence electrons. The van der Waals surface area contributed by atoms with Gasteiger partial charge in [0.05, 0.1) is 18.2 Å². The molecule has 0 radical (unpaired) electrons. The van der Waals surface area contributed by atoms with Crippen LogP contribution in [0.15, 0.2) is 12.1 Å². The quantitative estimate of drug-likeness (QED) is 0.724. The van der Waals surface area contributed by atoms with Gasteiger partial charge >= 0.3 is 0 Å². The molecule has 6 nitrogen and oxygen atoms in total. The van der Waals surface area contributed by atoms with Gasteiger partial charge in [-0.1, -0.05) is 31.6 Å². The SMILES string of the molecule is CC(C)c1nc2ccc(OCC3CCC3)nc2s1.CC=O.CNC(C)CO. The molecule has 1 aliphatic rings. The summed E-state index contributed by atoms with van der Waals surface area (Å²) in [6.07, 6.45) is 4.72. The highest BCUT2D eigenvalue weighted by Gasteiger charge is 2.18. The molecule has 3 rings (SSSR count). The number of aldehydes is 1. The van der Waals surface area contributed by atoms with Crippen LogP contribution in [0, 0.1) is 5.92 Å². The van der Waals surface area contributed by atoms with Crippen molar-refractivity contribution >= 4 is 28.0 Å².